The third-order valence-corrected chi connectivity index (χ3v) is 4.01. The average molecular weight is 291 g/mol. The van der Waals surface area contributed by atoms with Crippen LogP contribution in [0, 0.1) is 5.92 Å². The number of hydrogen-bond acceptors (Lipinski definition) is 2. The number of likely N-dealkylation sites (N-methyl/N-ethyl adjacent to an activating group) is 1. The van der Waals surface area contributed by atoms with Gasteiger partial charge < -0.3 is 10.1 Å². The molecule has 0 amide bonds. The predicted molar refractivity (Wildman–Crippen MR) is 91.6 cm³/mol. The molecule has 1 N–H and O–H groups in total. The van der Waals surface area contributed by atoms with E-state index in [2.05, 4.69) is 56.4 Å². The highest BCUT2D eigenvalue weighted by atomic mass is 16.5. The number of hydrogen-bond donors (Lipinski definition) is 1. The molecule has 1 aromatic rings. The summed E-state index contributed by atoms with van der Waals surface area (Å²) in [6.45, 7) is 7.62. The van der Waals surface area contributed by atoms with E-state index in [1.54, 1.807) is 0 Å². The molecule has 2 nitrogen and oxygen atoms in total. The number of unbranched alkanes of at least 4 members (excludes halogenated alkanes) is 4. The molecule has 0 fully saturated rings. The van der Waals surface area contributed by atoms with E-state index in [4.69, 9.17) is 4.74 Å². The summed E-state index contributed by atoms with van der Waals surface area (Å²) in [5, 5.41) is 3.44. The normalized spacial score (nSPS) is 14.3. The first-order valence-electron chi connectivity index (χ1n) is 8.54. The first-order chi connectivity index (χ1) is 10.2. The molecule has 1 rings (SSSR count). The van der Waals surface area contributed by atoms with Crippen molar-refractivity contribution in [3.8, 4) is 0 Å². The Morgan fingerprint density at radius 2 is 1.67 bits per heavy atom. The summed E-state index contributed by atoms with van der Waals surface area (Å²) >= 11 is 0. The van der Waals surface area contributed by atoms with Gasteiger partial charge in [0.1, 0.15) is 0 Å². The molecular weight excluding hydrogens is 258 g/mol. The van der Waals surface area contributed by atoms with E-state index in [-0.39, 0.29) is 12.1 Å². The van der Waals surface area contributed by atoms with Crippen molar-refractivity contribution in [2.75, 3.05) is 13.7 Å². The van der Waals surface area contributed by atoms with Crippen LogP contribution in [0.3, 0.4) is 0 Å². The Hall–Kier alpha value is -0.860. The minimum absolute atomic E-state index is 0.226. The smallest absolute Gasteiger partial charge is 0.0792 e. The number of rotatable bonds is 11. The Bertz CT molecular complexity index is 350. The largest absolute Gasteiger partial charge is 0.376 e. The fourth-order valence-electron chi connectivity index (χ4n) is 2.78. The molecular formula is C19H33NO. The molecule has 1 aromatic carbocycles. The van der Waals surface area contributed by atoms with Crippen molar-refractivity contribution < 1.29 is 4.74 Å². The van der Waals surface area contributed by atoms with Crippen LogP contribution in [0.4, 0.5) is 0 Å². The molecule has 120 valence electrons. The van der Waals surface area contributed by atoms with Gasteiger partial charge in [-0.3, -0.25) is 0 Å². The molecule has 21 heavy (non-hydrogen) atoms. The molecule has 0 radical (unpaired) electrons. The second kappa shape index (κ2) is 10.8. The van der Waals surface area contributed by atoms with Crippen LogP contribution in [0.5, 0.6) is 0 Å². The third-order valence-electron chi connectivity index (χ3n) is 4.01. The molecule has 0 heterocycles. The van der Waals surface area contributed by atoms with Crippen LogP contribution in [0.1, 0.15) is 64.5 Å². The quantitative estimate of drug-likeness (QED) is 0.582. The van der Waals surface area contributed by atoms with Gasteiger partial charge in [-0.15, -0.1) is 0 Å². The maximum absolute atomic E-state index is 6.23. The van der Waals surface area contributed by atoms with Gasteiger partial charge in [-0.2, -0.15) is 0 Å². The zero-order chi connectivity index (χ0) is 15.5. The van der Waals surface area contributed by atoms with Gasteiger partial charge in [0.25, 0.3) is 0 Å². The Labute approximate surface area is 131 Å². The minimum Gasteiger partial charge on any atom is -0.376 e. The van der Waals surface area contributed by atoms with Crippen LogP contribution in [-0.2, 0) is 4.74 Å². The summed E-state index contributed by atoms with van der Waals surface area (Å²) in [4.78, 5) is 0. The van der Waals surface area contributed by atoms with Gasteiger partial charge in [-0.25, -0.2) is 0 Å². The van der Waals surface area contributed by atoms with E-state index in [1.165, 1.54) is 37.7 Å². The Kier molecular flexibility index (Phi) is 9.36. The molecule has 2 unspecified atom stereocenters. The molecule has 2 heteroatoms. The average Bonchev–Trinajstić information content (AvgIpc) is 2.50. The van der Waals surface area contributed by atoms with Gasteiger partial charge in [-0.1, -0.05) is 76.8 Å². The maximum Gasteiger partial charge on any atom is 0.0792 e. The summed E-state index contributed by atoms with van der Waals surface area (Å²) in [6.07, 6.45) is 6.66. The van der Waals surface area contributed by atoms with E-state index in [0.29, 0.717) is 5.92 Å². The summed E-state index contributed by atoms with van der Waals surface area (Å²) in [6, 6.07) is 10.9. The van der Waals surface area contributed by atoms with Crippen molar-refractivity contribution in [2.24, 2.45) is 5.92 Å². The SMILES string of the molecule is CCCCCCCOC(C(C)C)C(NC)c1ccccc1. The van der Waals surface area contributed by atoms with Gasteiger partial charge in [0.15, 0.2) is 0 Å². The van der Waals surface area contributed by atoms with Crippen LogP contribution in [-0.4, -0.2) is 19.8 Å². The van der Waals surface area contributed by atoms with Crippen LogP contribution in [0.25, 0.3) is 0 Å². The lowest BCUT2D eigenvalue weighted by atomic mass is 9.93. The Morgan fingerprint density at radius 3 is 2.24 bits per heavy atom. The zero-order valence-corrected chi connectivity index (χ0v) is 14.3. The molecule has 0 aliphatic heterocycles. The lowest BCUT2D eigenvalue weighted by molar-refractivity contribution is -0.00436. The van der Waals surface area contributed by atoms with Crippen molar-refractivity contribution in [3.05, 3.63) is 35.9 Å². The molecule has 0 aromatic heterocycles. The molecule has 2 atom stereocenters. The van der Waals surface area contributed by atoms with Crippen molar-refractivity contribution in [3.63, 3.8) is 0 Å². The first kappa shape index (κ1) is 18.2. The van der Waals surface area contributed by atoms with Crippen LogP contribution < -0.4 is 5.32 Å². The van der Waals surface area contributed by atoms with E-state index in [9.17, 15) is 0 Å². The van der Waals surface area contributed by atoms with E-state index < -0.39 is 0 Å². The molecule has 0 saturated heterocycles. The highest BCUT2D eigenvalue weighted by Crippen LogP contribution is 2.24. The number of nitrogens with one attached hydrogen (secondary N) is 1. The second-order valence-electron chi connectivity index (χ2n) is 6.17. The van der Waals surface area contributed by atoms with Crippen molar-refractivity contribution >= 4 is 0 Å². The van der Waals surface area contributed by atoms with Crippen molar-refractivity contribution in [2.45, 2.75) is 65.0 Å². The van der Waals surface area contributed by atoms with Crippen molar-refractivity contribution in [1.82, 2.24) is 5.32 Å². The monoisotopic (exact) mass is 291 g/mol. The zero-order valence-electron chi connectivity index (χ0n) is 14.3. The van der Waals surface area contributed by atoms with Gasteiger partial charge >= 0.3 is 0 Å². The van der Waals surface area contributed by atoms with E-state index in [0.717, 1.165) is 6.61 Å². The van der Waals surface area contributed by atoms with Crippen LogP contribution in [0.15, 0.2) is 30.3 Å². The minimum atomic E-state index is 0.226. The lowest BCUT2D eigenvalue weighted by Crippen LogP contribution is -2.35. The highest BCUT2D eigenvalue weighted by molar-refractivity contribution is 5.20. The summed E-state index contributed by atoms with van der Waals surface area (Å²) in [5.41, 5.74) is 1.31. The topological polar surface area (TPSA) is 21.3 Å². The van der Waals surface area contributed by atoms with Crippen LogP contribution >= 0.6 is 0 Å². The van der Waals surface area contributed by atoms with Gasteiger partial charge in [0, 0.05) is 6.61 Å². The van der Waals surface area contributed by atoms with E-state index in [1.807, 2.05) is 7.05 Å². The van der Waals surface area contributed by atoms with Crippen LogP contribution in [0.2, 0.25) is 0 Å². The standard InChI is InChI=1S/C19H33NO/c1-5-6-7-8-12-15-21-19(16(2)3)18(20-4)17-13-10-9-11-14-17/h9-11,13-14,16,18-20H,5-8,12,15H2,1-4H3. The Morgan fingerprint density at radius 1 is 1.00 bits per heavy atom. The first-order valence-corrected chi connectivity index (χ1v) is 8.54. The van der Waals surface area contributed by atoms with Gasteiger partial charge in [0.05, 0.1) is 12.1 Å². The third kappa shape index (κ3) is 6.62. The number of benzene rings is 1. The summed E-state index contributed by atoms with van der Waals surface area (Å²) in [5.74, 6) is 0.498. The van der Waals surface area contributed by atoms with Gasteiger partial charge in [0.2, 0.25) is 0 Å². The van der Waals surface area contributed by atoms with Crippen molar-refractivity contribution in [1.29, 1.82) is 0 Å². The highest BCUT2D eigenvalue weighted by Gasteiger charge is 2.25. The predicted octanol–water partition coefficient (Wildman–Crippen LogP) is 4.96. The second-order valence-corrected chi connectivity index (χ2v) is 6.17. The van der Waals surface area contributed by atoms with Gasteiger partial charge in [-0.05, 0) is 24.9 Å². The number of ether oxygens (including phenoxy) is 1. The molecule has 0 aliphatic carbocycles. The molecule has 0 bridgehead atoms. The molecule has 0 saturated carbocycles. The maximum atomic E-state index is 6.23. The fraction of sp³-hybridized carbons (Fsp3) is 0.684. The summed E-state index contributed by atoms with van der Waals surface area (Å²) < 4.78 is 6.23. The fourth-order valence-corrected chi connectivity index (χ4v) is 2.78. The lowest BCUT2D eigenvalue weighted by Gasteiger charge is -2.30. The summed E-state index contributed by atoms with van der Waals surface area (Å²) in [7, 11) is 2.03. The molecule has 0 aliphatic rings. The Balaban J connectivity index is 2.51. The molecule has 0 spiro atoms. The van der Waals surface area contributed by atoms with E-state index >= 15 is 0 Å².